The molecular formula is C41H25N3O. The molecule has 0 aliphatic carbocycles. The van der Waals surface area contributed by atoms with E-state index in [9.17, 15) is 0 Å². The van der Waals surface area contributed by atoms with Crippen molar-refractivity contribution in [1.82, 2.24) is 14.0 Å². The van der Waals surface area contributed by atoms with Crippen molar-refractivity contribution in [1.29, 1.82) is 0 Å². The van der Waals surface area contributed by atoms with Gasteiger partial charge in [-0.25, -0.2) is 4.98 Å². The quantitative estimate of drug-likeness (QED) is 0.210. The third-order valence-electron chi connectivity index (χ3n) is 9.14. The highest BCUT2D eigenvalue weighted by Gasteiger charge is 2.18. The molecule has 0 saturated carbocycles. The number of furan rings is 1. The van der Waals surface area contributed by atoms with E-state index in [1.165, 1.54) is 32.8 Å². The summed E-state index contributed by atoms with van der Waals surface area (Å²) < 4.78 is 10.9. The van der Waals surface area contributed by atoms with Gasteiger partial charge in [0.25, 0.3) is 0 Å². The zero-order valence-corrected chi connectivity index (χ0v) is 24.2. The molecule has 10 rings (SSSR count). The molecule has 0 saturated heterocycles. The SMILES string of the molecule is c1ccc(-n2c3cc(-c4cn5ccccc5n4)ccc3c3ccc(-c4cc5c6ccccc6oc5c5ccccc45)cc32)cc1. The van der Waals surface area contributed by atoms with Gasteiger partial charge < -0.3 is 13.4 Å². The highest BCUT2D eigenvalue weighted by Crippen LogP contribution is 2.42. The molecule has 0 atom stereocenters. The van der Waals surface area contributed by atoms with E-state index < -0.39 is 0 Å². The summed E-state index contributed by atoms with van der Waals surface area (Å²) >= 11 is 0. The molecule has 0 unspecified atom stereocenters. The molecule has 0 bridgehead atoms. The van der Waals surface area contributed by atoms with Gasteiger partial charge in [-0.1, -0.05) is 91.0 Å². The molecule has 0 spiro atoms. The maximum atomic E-state index is 6.40. The second-order valence-electron chi connectivity index (χ2n) is 11.7. The summed E-state index contributed by atoms with van der Waals surface area (Å²) in [5.41, 5.74) is 10.7. The Morgan fingerprint density at radius 2 is 1.20 bits per heavy atom. The van der Waals surface area contributed by atoms with Gasteiger partial charge in [0.1, 0.15) is 16.8 Å². The minimum Gasteiger partial charge on any atom is -0.455 e. The summed E-state index contributed by atoms with van der Waals surface area (Å²) in [6.45, 7) is 0. The summed E-state index contributed by atoms with van der Waals surface area (Å²) in [5, 5.41) is 7.02. The summed E-state index contributed by atoms with van der Waals surface area (Å²) in [4.78, 5) is 4.92. The summed E-state index contributed by atoms with van der Waals surface area (Å²) in [7, 11) is 0. The molecule has 10 aromatic rings. The van der Waals surface area contributed by atoms with Crippen molar-refractivity contribution in [3.63, 3.8) is 0 Å². The molecule has 4 aromatic heterocycles. The first-order valence-electron chi connectivity index (χ1n) is 15.2. The van der Waals surface area contributed by atoms with Gasteiger partial charge in [0.2, 0.25) is 0 Å². The maximum Gasteiger partial charge on any atom is 0.143 e. The second-order valence-corrected chi connectivity index (χ2v) is 11.7. The number of aromatic nitrogens is 3. The van der Waals surface area contributed by atoms with Crippen LogP contribution in [0.1, 0.15) is 0 Å². The highest BCUT2D eigenvalue weighted by atomic mass is 16.3. The van der Waals surface area contributed by atoms with Gasteiger partial charge in [-0.15, -0.1) is 0 Å². The van der Waals surface area contributed by atoms with Crippen LogP contribution in [0.4, 0.5) is 0 Å². The average Bonchev–Trinajstić information content (AvgIpc) is 3.79. The van der Waals surface area contributed by atoms with Crippen molar-refractivity contribution in [2.24, 2.45) is 0 Å². The molecule has 210 valence electrons. The van der Waals surface area contributed by atoms with E-state index >= 15 is 0 Å². The highest BCUT2D eigenvalue weighted by molar-refractivity contribution is 6.20. The first-order chi connectivity index (χ1) is 22.3. The lowest BCUT2D eigenvalue weighted by Crippen LogP contribution is -1.94. The molecule has 0 aliphatic rings. The van der Waals surface area contributed by atoms with E-state index in [1.54, 1.807) is 0 Å². The van der Waals surface area contributed by atoms with Crippen molar-refractivity contribution >= 4 is 60.2 Å². The molecule has 4 heteroatoms. The van der Waals surface area contributed by atoms with E-state index in [0.29, 0.717) is 0 Å². The number of fused-ring (bicyclic) bond motifs is 9. The fourth-order valence-electron chi connectivity index (χ4n) is 7.06. The largest absolute Gasteiger partial charge is 0.455 e. The van der Waals surface area contributed by atoms with E-state index in [-0.39, 0.29) is 0 Å². The molecule has 0 aliphatic heterocycles. The number of rotatable bonds is 3. The van der Waals surface area contributed by atoms with Gasteiger partial charge >= 0.3 is 0 Å². The van der Waals surface area contributed by atoms with E-state index in [4.69, 9.17) is 9.40 Å². The minimum absolute atomic E-state index is 0.913. The number of imidazole rings is 1. The Hall–Kier alpha value is -6.13. The topological polar surface area (TPSA) is 35.4 Å². The zero-order valence-electron chi connectivity index (χ0n) is 24.2. The molecular weight excluding hydrogens is 550 g/mol. The predicted octanol–water partition coefficient (Wildman–Crippen LogP) is 10.8. The van der Waals surface area contributed by atoms with Crippen molar-refractivity contribution < 1.29 is 4.42 Å². The number of nitrogens with zero attached hydrogens (tertiary/aromatic N) is 3. The fourth-order valence-corrected chi connectivity index (χ4v) is 7.06. The number of pyridine rings is 1. The number of benzene rings is 6. The van der Waals surface area contributed by atoms with E-state index in [1.807, 2.05) is 30.5 Å². The molecule has 4 heterocycles. The lowest BCUT2D eigenvalue weighted by atomic mass is 9.94. The van der Waals surface area contributed by atoms with Crippen LogP contribution in [-0.4, -0.2) is 14.0 Å². The summed E-state index contributed by atoms with van der Waals surface area (Å²) in [5.74, 6) is 0. The Morgan fingerprint density at radius 3 is 2.02 bits per heavy atom. The van der Waals surface area contributed by atoms with Crippen LogP contribution >= 0.6 is 0 Å². The Kier molecular flexibility index (Phi) is 4.96. The molecule has 4 nitrogen and oxygen atoms in total. The Morgan fingerprint density at radius 1 is 0.511 bits per heavy atom. The second kappa shape index (κ2) is 9.18. The third kappa shape index (κ3) is 3.57. The van der Waals surface area contributed by atoms with Crippen molar-refractivity contribution in [2.75, 3.05) is 0 Å². The van der Waals surface area contributed by atoms with Crippen LogP contribution in [0.15, 0.2) is 156 Å². The van der Waals surface area contributed by atoms with Gasteiger partial charge in [-0.2, -0.15) is 0 Å². The predicted molar refractivity (Wildman–Crippen MR) is 185 cm³/mol. The Labute approximate surface area is 258 Å². The number of hydrogen-bond donors (Lipinski definition) is 0. The lowest BCUT2D eigenvalue weighted by molar-refractivity contribution is 0.672. The maximum absolute atomic E-state index is 6.40. The summed E-state index contributed by atoms with van der Waals surface area (Å²) in [6, 6.07) is 49.6. The van der Waals surface area contributed by atoms with Crippen LogP contribution in [0.5, 0.6) is 0 Å². The van der Waals surface area contributed by atoms with Crippen LogP contribution in [-0.2, 0) is 0 Å². The fraction of sp³-hybridized carbons (Fsp3) is 0. The Balaban J connectivity index is 1.26. The molecule has 0 fully saturated rings. The normalized spacial score (nSPS) is 12.0. The van der Waals surface area contributed by atoms with Crippen LogP contribution in [0.3, 0.4) is 0 Å². The van der Waals surface area contributed by atoms with E-state index in [0.717, 1.165) is 55.4 Å². The van der Waals surface area contributed by atoms with Crippen LogP contribution < -0.4 is 0 Å². The van der Waals surface area contributed by atoms with E-state index in [2.05, 4.69) is 130 Å². The summed E-state index contributed by atoms with van der Waals surface area (Å²) in [6.07, 6.45) is 4.14. The van der Waals surface area contributed by atoms with Crippen molar-refractivity contribution in [3.05, 3.63) is 152 Å². The number of hydrogen-bond acceptors (Lipinski definition) is 2. The van der Waals surface area contributed by atoms with Crippen molar-refractivity contribution in [3.8, 4) is 28.1 Å². The van der Waals surface area contributed by atoms with Gasteiger partial charge in [0, 0.05) is 50.6 Å². The van der Waals surface area contributed by atoms with Crippen molar-refractivity contribution in [2.45, 2.75) is 0 Å². The average molecular weight is 576 g/mol. The zero-order chi connectivity index (χ0) is 29.5. The Bertz CT molecular complexity index is 2730. The smallest absolute Gasteiger partial charge is 0.143 e. The lowest BCUT2D eigenvalue weighted by Gasteiger charge is -2.11. The van der Waals surface area contributed by atoms with Crippen LogP contribution in [0, 0.1) is 0 Å². The molecule has 0 radical (unpaired) electrons. The molecule has 45 heavy (non-hydrogen) atoms. The van der Waals surface area contributed by atoms with Crippen LogP contribution in [0.2, 0.25) is 0 Å². The van der Waals surface area contributed by atoms with Gasteiger partial charge in [-0.05, 0) is 65.0 Å². The van der Waals surface area contributed by atoms with Crippen LogP contribution in [0.25, 0.3) is 88.2 Å². The van der Waals surface area contributed by atoms with Gasteiger partial charge in [0.15, 0.2) is 0 Å². The first-order valence-corrected chi connectivity index (χ1v) is 15.2. The molecule has 0 amide bonds. The monoisotopic (exact) mass is 575 g/mol. The molecule has 6 aromatic carbocycles. The first kappa shape index (κ1) is 24.3. The minimum atomic E-state index is 0.913. The standard InChI is InChI=1S/C41H25N3O/c1-2-10-28(11-3-1)44-37-22-26(34-24-35-32-13-6-7-15-39(32)45-41(35)33-14-5-4-12-29(33)34)17-19-30(37)31-20-18-27(23-38(31)44)36-25-43-21-9-8-16-40(43)42-36/h1-25H. The third-order valence-corrected chi connectivity index (χ3v) is 9.14. The number of para-hydroxylation sites is 2. The van der Waals surface area contributed by atoms with Gasteiger partial charge in [0.05, 0.1) is 16.7 Å². The molecule has 0 N–H and O–H groups in total. The van der Waals surface area contributed by atoms with Gasteiger partial charge in [-0.3, -0.25) is 0 Å².